The first-order valence-corrected chi connectivity index (χ1v) is 5.78. The fourth-order valence-electron chi connectivity index (χ4n) is 1.44. The summed E-state index contributed by atoms with van der Waals surface area (Å²) < 4.78 is 0. The minimum Gasteiger partial charge on any atom is -0.391 e. The van der Waals surface area contributed by atoms with E-state index in [1.165, 1.54) is 0 Å². The third-order valence-corrected chi connectivity index (χ3v) is 2.20. The van der Waals surface area contributed by atoms with E-state index in [2.05, 4.69) is 10.6 Å². The molecule has 0 aliphatic heterocycles. The summed E-state index contributed by atoms with van der Waals surface area (Å²) in [7, 11) is 0. The van der Waals surface area contributed by atoms with Crippen molar-refractivity contribution in [1.82, 2.24) is 10.6 Å². The third kappa shape index (κ3) is 8.39. The van der Waals surface area contributed by atoms with Crippen molar-refractivity contribution in [3.05, 3.63) is 0 Å². The highest BCUT2D eigenvalue weighted by atomic mass is 16.3. The molecule has 0 aliphatic carbocycles. The Hall–Kier alpha value is -0.610. The van der Waals surface area contributed by atoms with E-state index in [9.17, 15) is 9.90 Å². The molecule has 0 aliphatic rings. The smallest absolute Gasteiger partial charge is 0.221 e. The number of carbonyl (C=O) groups excluding carboxylic acids is 1. The molecule has 0 radical (unpaired) electrons. The number of hydrogen-bond donors (Lipinski definition) is 3. The van der Waals surface area contributed by atoms with Crippen LogP contribution in [0, 0.1) is 0 Å². The van der Waals surface area contributed by atoms with Crippen LogP contribution in [-0.2, 0) is 4.79 Å². The van der Waals surface area contributed by atoms with Gasteiger partial charge in [-0.2, -0.15) is 0 Å². The van der Waals surface area contributed by atoms with Crippen LogP contribution in [0.4, 0.5) is 0 Å². The molecule has 0 rings (SSSR count). The molecule has 2 unspecified atom stereocenters. The van der Waals surface area contributed by atoms with Crippen LogP contribution >= 0.6 is 0 Å². The molecule has 4 nitrogen and oxygen atoms in total. The minimum atomic E-state index is -0.409. The lowest BCUT2D eigenvalue weighted by Gasteiger charge is -2.14. The predicted molar refractivity (Wildman–Crippen MR) is 61.7 cm³/mol. The molecule has 15 heavy (non-hydrogen) atoms. The number of amides is 1. The average Bonchev–Trinajstić information content (AvgIpc) is 2.15. The molecule has 2 atom stereocenters. The Morgan fingerprint density at radius 3 is 2.60 bits per heavy atom. The molecule has 90 valence electrons. The maximum absolute atomic E-state index is 11.4. The van der Waals surface area contributed by atoms with Crippen molar-refractivity contribution in [2.24, 2.45) is 0 Å². The van der Waals surface area contributed by atoms with Gasteiger partial charge in [-0.1, -0.05) is 20.3 Å². The van der Waals surface area contributed by atoms with Gasteiger partial charge in [-0.3, -0.25) is 4.79 Å². The second-order valence-electron chi connectivity index (χ2n) is 3.91. The maximum Gasteiger partial charge on any atom is 0.221 e. The molecule has 0 fully saturated rings. The van der Waals surface area contributed by atoms with Gasteiger partial charge < -0.3 is 15.7 Å². The van der Waals surface area contributed by atoms with Crippen LogP contribution < -0.4 is 10.6 Å². The van der Waals surface area contributed by atoms with E-state index < -0.39 is 6.10 Å². The second kappa shape index (κ2) is 8.68. The summed E-state index contributed by atoms with van der Waals surface area (Å²) in [6, 6.07) is 0.193. The minimum absolute atomic E-state index is 0.00129. The Kier molecular flexibility index (Phi) is 8.33. The molecule has 0 aromatic heterocycles. The summed E-state index contributed by atoms with van der Waals surface area (Å²) >= 11 is 0. The summed E-state index contributed by atoms with van der Waals surface area (Å²) in [5.74, 6) is -0.00129. The molecule has 0 bridgehead atoms. The standard InChI is InChI=1S/C11H24N2O2/c1-4-6-10(14)8-13-11(15)7-9(3)12-5-2/h9-10,12,14H,4-8H2,1-3H3,(H,13,15). The molecule has 0 aromatic rings. The Labute approximate surface area is 92.4 Å². The zero-order valence-electron chi connectivity index (χ0n) is 10.0. The maximum atomic E-state index is 11.4. The highest BCUT2D eigenvalue weighted by Crippen LogP contribution is 1.95. The van der Waals surface area contributed by atoms with Crippen LogP contribution in [0.5, 0.6) is 0 Å². The predicted octanol–water partition coefficient (Wildman–Crippen LogP) is 0.652. The number of hydrogen-bond acceptors (Lipinski definition) is 3. The lowest BCUT2D eigenvalue weighted by Crippen LogP contribution is -2.37. The van der Waals surface area contributed by atoms with E-state index in [1.54, 1.807) is 0 Å². The lowest BCUT2D eigenvalue weighted by molar-refractivity contribution is -0.122. The van der Waals surface area contributed by atoms with Gasteiger partial charge >= 0.3 is 0 Å². The first kappa shape index (κ1) is 14.4. The van der Waals surface area contributed by atoms with E-state index in [-0.39, 0.29) is 11.9 Å². The van der Waals surface area contributed by atoms with Crippen LogP contribution in [-0.4, -0.2) is 36.2 Å². The van der Waals surface area contributed by atoms with Gasteiger partial charge in [0.05, 0.1) is 6.10 Å². The number of nitrogens with one attached hydrogen (secondary N) is 2. The normalized spacial score (nSPS) is 14.7. The molecule has 0 heterocycles. The zero-order chi connectivity index (χ0) is 11.7. The van der Waals surface area contributed by atoms with Gasteiger partial charge in [0.1, 0.15) is 0 Å². The molecular weight excluding hydrogens is 192 g/mol. The molecule has 4 heteroatoms. The van der Waals surface area contributed by atoms with E-state index in [1.807, 2.05) is 20.8 Å². The summed E-state index contributed by atoms with van der Waals surface area (Å²) in [5, 5.41) is 15.3. The number of aliphatic hydroxyl groups excluding tert-OH is 1. The average molecular weight is 216 g/mol. The van der Waals surface area contributed by atoms with E-state index in [4.69, 9.17) is 0 Å². The van der Waals surface area contributed by atoms with Crippen molar-refractivity contribution in [1.29, 1.82) is 0 Å². The van der Waals surface area contributed by atoms with Gasteiger partial charge in [0.15, 0.2) is 0 Å². The quantitative estimate of drug-likeness (QED) is 0.558. The number of aliphatic hydroxyl groups is 1. The number of carbonyl (C=O) groups is 1. The SMILES string of the molecule is CCCC(O)CNC(=O)CC(C)NCC. The molecule has 1 amide bonds. The second-order valence-corrected chi connectivity index (χ2v) is 3.91. The van der Waals surface area contributed by atoms with Crippen LogP contribution in [0.25, 0.3) is 0 Å². The van der Waals surface area contributed by atoms with Gasteiger partial charge in [0, 0.05) is 19.0 Å². The zero-order valence-corrected chi connectivity index (χ0v) is 10.0. The van der Waals surface area contributed by atoms with Crippen LogP contribution in [0.2, 0.25) is 0 Å². The van der Waals surface area contributed by atoms with Gasteiger partial charge in [0.2, 0.25) is 5.91 Å². The van der Waals surface area contributed by atoms with E-state index in [0.717, 1.165) is 19.4 Å². The highest BCUT2D eigenvalue weighted by molar-refractivity contribution is 5.76. The monoisotopic (exact) mass is 216 g/mol. The molecule has 0 aromatic carbocycles. The summed E-state index contributed by atoms with van der Waals surface area (Å²) in [4.78, 5) is 11.4. The van der Waals surface area contributed by atoms with Crippen molar-refractivity contribution in [3.8, 4) is 0 Å². The Bertz CT molecular complexity index is 174. The third-order valence-electron chi connectivity index (χ3n) is 2.20. The first-order chi connectivity index (χ1) is 7.10. The Morgan fingerprint density at radius 1 is 1.40 bits per heavy atom. The van der Waals surface area contributed by atoms with Crippen molar-refractivity contribution >= 4 is 5.91 Å². The lowest BCUT2D eigenvalue weighted by atomic mass is 10.2. The van der Waals surface area contributed by atoms with Gasteiger partial charge in [0.25, 0.3) is 0 Å². The van der Waals surface area contributed by atoms with Gasteiger partial charge in [-0.15, -0.1) is 0 Å². The van der Waals surface area contributed by atoms with Crippen molar-refractivity contribution in [3.63, 3.8) is 0 Å². The molecule has 0 saturated heterocycles. The van der Waals surface area contributed by atoms with Crippen LogP contribution in [0.3, 0.4) is 0 Å². The Morgan fingerprint density at radius 2 is 2.07 bits per heavy atom. The summed E-state index contributed by atoms with van der Waals surface area (Å²) in [6.45, 7) is 7.24. The summed E-state index contributed by atoms with van der Waals surface area (Å²) in [5.41, 5.74) is 0. The molecular formula is C11H24N2O2. The topological polar surface area (TPSA) is 61.4 Å². The number of rotatable bonds is 8. The summed E-state index contributed by atoms with van der Waals surface area (Å²) in [6.07, 6.45) is 1.73. The molecule has 0 saturated carbocycles. The Balaban J connectivity index is 3.56. The molecule has 0 spiro atoms. The highest BCUT2D eigenvalue weighted by Gasteiger charge is 2.09. The van der Waals surface area contributed by atoms with E-state index >= 15 is 0 Å². The largest absolute Gasteiger partial charge is 0.391 e. The van der Waals surface area contributed by atoms with Gasteiger partial charge in [-0.05, 0) is 19.9 Å². The fourth-order valence-corrected chi connectivity index (χ4v) is 1.44. The molecule has 3 N–H and O–H groups in total. The van der Waals surface area contributed by atoms with E-state index in [0.29, 0.717) is 13.0 Å². The fraction of sp³-hybridized carbons (Fsp3) is 0.909. The van der Waals surface area contributed by atoms with Crippen LogP contribution in [0.15, 0.2) is 0 Å². The van der Waals surface area contributed by atoms with Crippen molar-refractivity contribution in [2.45, 2.75) is 52.2 Å². The van der Waals surface area contributed by atoms with Crippen molar-refractivity contribution < 1.29 is 9.90 Å². The van der Waals surface area contributed by atoms with Crippen LogP contribution in [0.1, 0.15) is 40.0 Å². The first-order valence-electron chi connectivity index (χ1n) is 5.78. The van der Waals surface area contributed by atoms with Gasteiger partial charge in [-0.25, -0.2) is 0 Å². The van der Waals surface area contributed by atoms with Crippen molar-refractivity contribution in [2.75, 3.05) is 13.1 Å².